The lowest BCUT2D eigenvalue weighted by atomic mass is 10.1. The van der Waals surface area contributed by atoms with E-state index in [4.69, 9.17) is 9.73 Å². The van der Waals surface area contributed by atoms with Crippen LogP contribution in [0.3, 0.4) is 0 Å². The zero-order valence-electron chi connectivity index (χ0n) is 15.8. The summed E-state index contributed by atoms with van der Waals surface area (Å²) in [5.41, 5.74) is 2.76. The Balaban J connectivity index is 2.00. The van der Waals surface area contributed by atoms with E-state index in [2.05, 4.69) is 16.9 Å². The van der Waals surface area contributed by atoms with Gasteiger partial charge in [0.05, 0.1) is 18.5 Å². The van der Waals surface area contributed by atoms with E-state index in [9.17, 15) is 4.39 Å². The smallest absolute Gasteiger partial charge is 0.190 e. The van der Waals surface area contributed by atoms with E-state index in [1.807, 2.05) is 36.4 Å². The van der Waals surface area contributed by atoms with Gasteiger partial charge < -0.3 is 9.30 Å². The molecule has 0 amide bonds. The second kappa shape index (κ2) is 9.51. The number of halogens is 1. The van der Waals surface area contributed by atoms with Crippen LogP contribution in [0, 0.1) is 5.82 Å². The highest BCUT2D eigenvalue weighted by Gasteiger charge is 2.11. The van der Waals surface area contributed by atoms with Gasteiger partial charge in [0.2, 0.25) is 0 Å². The molecule has 3 aromatic rings. The van der Waals surface area contributed by atoms with Crippen LogP contribution in [0.1, 0.15) is 32.6 Å². The van der Waals surface area contributed by atoms with E-state index < -0.39 is 0 Å². The van der Waals surface area contributed by atoms with Gasteiger partial charge in [0, 0.05) is 17.5 Å². The third-order valence-electron chi connectivity index (χ3n) is 4.46. The molecule has 142 valence electrons. The van der Waals surface area contributed by atoms with Crippen LogP contribution in [0.2, 0.25) is 0 Å². The fourth-order valence-electron chi connectivity index (χ4n) is 3.00. The van der Waals surface area contributed by atoms with E-state index >= 15 is 0 Å². The van der Waals surface area contributed by atoms with Gasteiger partial charge in [0.15, 0.2) is 16.4 Å². The van der Waals surface area contributed by atoms with Crippen molar-refractivity contribution >= 4 is 17.0 Å². The standard InChI is InChI=1S/C22H25FN2OS/c1-3-4-5-9-14-25-20(17-12-13-21(26-2)19(23)15-17)16-27-22(25)24-18-10-7-6-8-11-18/h6-8,10-13,15-16H,3-5,9,14H2,1-2H3. The third kappa shape index (κ3) is 4.86. The predicted molar refractivity (Wildman–Crippen MR) is 110 cm³/mol. The summed E-state index contributed by atoms with van der Waals surface area (Å²) < 4.78 is 21.5. The molecule has 1 aromatic heterocycles. The van der Waals surface area contributed by atoms with Gasteiger partial charge in [-0.15, -0.1) is 11.3 Å². The molecular weight excluding hydrogens is 359 g/mol. The van der Waals surface area contributed by atoms with Gasteiger partial charge >= 0.3 is 0 Å². The molecule has 0 spiro atoms. The second-order valence-electron chi connectivity index (χ2n) is 6.41. The number of ether oxygens (including phenoxy) is 1. The first-order valence-electron chi connectivity index (χ1n) is 9.35. The number of aromatic nitrogens is 1. The normalized spacial score (nSPS) is 11.7. The molecular formula is C22H25FN2OS. The van der Waals surface area contributed by atoms with Crippen LogP contribution in [0.15, 0.2) is 58.9 Å². The fraction of sp³-hybridized carbons (Fsp3) is 0.318. The predicted octanol–water partition coefficient (Wildman–Crippen LogP) is 6.18. The molecule has 0 aliphatic carbocycles. The number of nitrogens with zero attached hydrogens (tertiary/aromatic N) is 2. The molecule has 0 atom stereocenters. The maximum Gasteiger partial charge on any atom is 0.190 e. The molecule has 3 rings (SSSR count). The quantitative estimate of drug-likeness (QED) is 0.426. The summed E-state index contributed by atoms with van der Waals surface area (Å²) in [6, 6.07) is 15.1. The highest BCUT2D eigenvalue weighted by molar-refractivity contribution is 7.07. The van der Waals surface area contributed by atoms with Crippen molar-refractivity contribution in [1.82, 2.24) is 4.57 Å². The van der Waals surface area contributed by atoms with Crippen LogP contribution in [0.4, 0.5) is 10.1 Å². The summed E-state index contributed by atoms with van der Waals surface area (Å²) in [5, 5.41) is 2.06. The lowest BCUT2D eigenvalue weighted by Crippen LogP contribution is -2.16. The zero-order chi connectivity index (χ0) is 19.1. The summed E-state index contributed by atoms with van der Waals surface area (Å²) in [5.74, 6) is -0.0852. The molecule has 5 heteroatoms. The maximum absolute atomic E-state index is 14.2. The molecule has 0 saturated heterocycles. The topological polar surface area (TPSA) is 26.5 Å². The first-order chi connectivity index (χ1) is 13.2. The Morgan fingerprint density at radius 3 is 2.59 bits per heavy atom. The van der Waals surface area contributed by atoms with Crippen LogP contribution in [-0.2, 0) is 6.54 Å². The van der Waals surface area contributed by atoms with Gasteiger partial charge in [-0.1, -0.05) is 44.4 Å². The number of methoxy groups -OCH3 is 1. The van der Waals surface area contributed by atoms with Crippen LogP contribution in [-0.4, -0.2) is 11.7 Å². The number of rotatable bonds is 8. The van der Waals surface area contributed by atoms with E-state index in [0.717, 1.165) is 34.7 Å². The minimum atomic E-state index is -0.347. The molecule has 0 radical (unpaired) electrons. The zero-order valence-corrected chi connectivity index (χ0v) is 16.6. The first kappa shape index (κ1) is 19.4. The SMILES string of the molecule is CCCCCCn1c(-c2ccc(OC)c(F)c2)csc1=Nc1ccccc1. The van der Waals surface area contributed by atoms with Gasteiger partial charge in [0.1, 0.15) is 0 Å². The average Bonchev–Trinajstić information content (AvgIpc) is 3.08. The number of para-hydroxylation sites is 1. The van der Waals surface area contributed by atoms with Crippen LogP contribution in [0.25, 0.3) is 11.3 Å². The maximum atomic E-state index is 14.2. The van der Waals surface area contributed by atoms with Gasteiger partial charge in [-0.05, 0) is 36.8 Å². The summed E-state index contributed by atoms with van der Waals surface area (Å²) in [6.07, 6.45) is 4.69. The average molecular weight is 385 g/mol. The minimum Gasteiger partial charge on any atom is -0.494 e. The van der Waals surface area contributed by atoms with Crippen molar-refractivity contribution in [2.45, 2.75) is 39.2 Å². The van der Waals surface area contributed by atoms with E-state index in [0.29, 0.717) is 0 Å². The number of hydrogen-bond donors (Lipinski definition) is 0. The monoisotopic (exact) mass is 384 g/mol. The Morgan fingerprint density at radius 2 is 1.89 bits per heavy atom. The molecule has 0 fully saturated rings. The van der Waals surface area contributed by atoms with Crippen molar-refractivity contribution < 1.29 is 9.13 Å². The number of benzene rings is 2. The molecule has 0 bridgehead atoms. The Morgan fingerprint density at radius 1 is 1.07 bits per heavy atom. The van der Waals surface area contributed by atoms with E-state index in [1.165, 1.54) is 32.4 Å². The van der Waals surface area contributed by atoms with Crippen molar-refractivity contribution in [3.8, 4) is 17.0 Å². The molecule has 1 heterocycles. The Bertz CT molecular complexity index is 931. The Kier molecular flexibility index (Phi) is 6.82. The summed E-state index contributed by atoms with van der Waals surface area (Å²) in [4.78, 5) is 5.74. The Hall–Kier alpha value is -2.40. The molecule has 0 unspecified atom stereocenters. The second-order valence-corrected chi connectivity index (χ2v) is 7.25. The summed E-state index contributed by atoms with van der Waals surface area (Å²) in [6.45, 7) is 3.08. The molecule has 0 aliphatic heterocycles. The molecule has 0 N–H and O–H groups in total. The van der Waals surface area contributed by atoms with Gasteiger partial charge in [0.25, 0.3) is 0 Å². The van der Waals surface area contributed by atoms with Crippen LogP contribution in [0.5, 0.6) is 5.75 Å². The van der Waals surface area contributed by atoms with Gasteiger partial charge in [-0.2, -0.15) is 0 Å². The molecule has 0 saturated carbocycles. The summed E-state index contributed by atoms with van der Waals surface area (Å²) >= 11 is 1.59. The highest BCUT2D eigenvalue weighted by atomic mass is 32.1. The first-order valence-corrected chi connectivity index (χ1v) is 10.2. The Labute approximate surface area is 163 Å². The largest absolute Gasteiger partial charge is 0.494 e. The number of hydrogen-bond acceptors (Lipinski definition) is 3. The van der Waals surface area contributed by atoms with E-state index in [-0.39, 0.29) is 11.6 Å². The van der Waals surface area contributed by atoms with Gasteiger partial charge in [-0.25, -0.2) is 9.38 Å². The third-order valence-corrected chi connectivity index (χ3v) is 5.33. The van der Waals surface area contributed by atoms with E-state index in [1.54, 1.807) is 17.4 Å². The fourth-order valence-corrected chi connectivity index (χ4v) is 3.96. The highest BCUT2D eigenvalue weighted by Crippen LogP contribution is 2.26. The number of thiazole rings is 1. The lowest BCUT2D eigenvalue weighted by Gasteiger charge is -2.10. The minimum absolute atomic E-state index is 0.262. The molecule has 3 nitrogen and oxygen atoms in total. The van der Waals surface area contributed by atoms with Crippen molar-refractivity contribution in [1.29, 1.82) is 0 Å². The number of unbranched alkanes of at least 4 members (excludes halogenated alkanes) is 3. The van der Waals surface area contributed by atoms with Crippen molar-refractivity contribution in [2.24, 2.45) is 4.99 Å². The molecule has 27 heavy (non-hydrogen) atoms. The van der Waals surface area contributed by atoms with Gasteiger partial charge in [-0.3, -0.25) is 0 Å². The molecule has 2 aromatic carbocycles. The van der Waals surface area contributed by atoms with Crippen molar-refractivity contribution in [2.75, 3.05) is 7.11 Å². The van der Waals surface area contributed by atoms with Crippen LogP contribution < -0.4 is 9.54 Å². The van der Waals surface area contributed by atoms with Crippen molar-refractivity contribution in [3.05, 3.63) is 64.5 Å². The lowest BCUT2D eigenvalue weighted by molar-refractivity contribution is 0.386. The van der Waals surface area contributed by atoms with Crippen molar-refractivity contribution in [3.63, 3.8) is 0 Å². The molecule has 0 aliphatic rings. The summed E-state index contributed by atoms with van der Waals surface area (Å²) in [7, 11) is 1.48. The van der Waals surface area contributed by atoms with Crippen LogP contribution >= 0.6 is 11.3 Å².